The van der Waals surface area contributed by atoms with Crippen LogP contribution in [-0.4, -0.2) is 0 Å². The van der Waals surface area contributed by atoms with E-state index in [0.29, 0.717) is 11.1 Å². The number of rotatable bonds is 2. The lowest BCUT2D eigenvalue weighted by atomic mass is 10.1. The molecule has 0 fully saturated rings. The van der Waals surface area contributed by atoms with E-state index in [2.05, 4.69) is 5.32 Å². The third-order valence-electron chi connectivity index (χ3n) is 2.82. The molecule has 0 unspecified atom stereocenters. The Balaban J connectivity index is 2.32. The quantitative estimate of drug-likeness (QED) is 0.800. The van der Waals surface area contributed by atoms with E-state index in [1.54, 1.807) is 18.2 Å². The lowest BCUT2D eigenvalue weighted by molar-refractivity contribution is 1.41. The molecule has 92 valence electrons. The molecule has 2 aromatic rings. The molecular weight excluding hydrogens is 236 g/mol. The maximum Gasteiger partial charge on any atom is 0.101 e. The number of benzene rings is 2. The number of nitrogens with zero attached hydrogens (tertiary/aromatic N) is 2. The molecule has 0 aliphatic heterocycles. The first-order valence-electron chi connectivity index (χ1n) is 5.71. The molecule has 0 amide bonds. The van der Waals surface area contributed by atoms with Gasteiger partial charge in [-0.15, -0.1) is 0 Å². The lowest BCUT2D eigenvalue weighted by Gasteiger charge is -2.09. The van der Waals surface area contributed by atoms with E-state index in [1.165, 1.54) is 0 Å². The van der Waals surface area contributed by atoms with Crippen molar-refractivity contribution in [1.82, 2.24) is 0 Å². The van der Waals surface area contributed by atoms with Gasteiger partial charge in [-0.25, -0.2) is 0 Å². The van der Waals surface area contributed by atoms with Crippen LogP contribution in [0.2, 0.25) is 0 Å². The molecule has 4 heteroatoms. The first-order valence-corrected chi connectivity index (χ1v) is 5.71. The van der Waals surface area contributed by atoms with Crippen molar-refractivity contribution < 1.29 is 0 Å². The van der Waals surface area contributed by atoms with Crippen LogP contribution in [0.1, 0.15) is 16.7 Å². The first-order chi connectivity index (χ1) is 9.13. The Labute approximate surface area is 111 Å². The smallest absolute Gasteiger partial charge is 0.101 e. The van der Waals surface area contributed by atoms with Crippen LogP contribution in [0.4, 0.5) is 17.1 Å². The normalized spacial score (nSPS) is 9.42. The Bertz CT molecular complexity index is 705. The number of nitriles is 2. The summed E-state index contributed by atoms with van der Waals surface area (Å²) in [6.07, 6.45) is 0. The number of nitrogens with two attached hydrogens (primary N) is 1. The van der Waals surface area contributed by atoms with Gasteiger partial charge >= 0.3 is 0 Å². The molecule has 0 aliphatic rings. The molecule has 0 saturated carbocycles. The summed E-state index contributed by atoms with van der Waals surface area (Å²) in [4.78, 5) is 0. The van der Waals surface area contributed by atoms with Gasteiger partial charge in [-0.05, 0) is 48.9 Å². The van der Waals surface area contributed by atoms with E-state index in [4.69, 9.17) is 16.3 Å². The zero-order valence-corrected chi connectivity index (χ0v) is 10.4. The third kappa shape index (κ3) is 2.65. The SMILES string of the molecule is Cc1cc(Nc2ccc(C#N)c(C#N)c2)ccc1N. The Kier molecular flexibility index (Phi) is 3.36. The van der Waals surface area contributed by atoms with Crippen LogP contribution in [0.3, 0.4) is 0 Å². The van der Waals surface area contributed by atoms with Crippen LogP contribution in [-0.2, 0) is 0 Å². The Hall–Kier alpha value is -2.98. The average molecular weight is 248 g/mol. The summed E-state index contributed by atoms with van der Waals surface area (Å²) in [7, 11) is 0. The summed E-state index contributed by atoms with van der Waals surface area (Å²) in [5.74, 6) is 0. The zero-order valence-electron chi connectivity index (χ0n) is 10.4. The lowest BCUT2D eigenvalue weighted by Crippen LogP contribution is -1.95. The minimum absolute atomic E-state index is 0.361. The van der Waals surface area contributed by atoms with Crippen molar-refractivity contribution in [2.45, 2.75) is 6.92 Å². The van der Waals surface area contributed by atoms with E-state index in [-0.39, 0.29) is 0 Å². The van der Waals surface area contributed by atoms with Crippen molar-refractivity contribution in [3.63, 3.8) is 0 Å². The zero-order chi connectivity index (χ0) is 13.8. The van der Waals surface area contributed by atoms with Crippen LogP contribution < -0.4 is 11.1 Å². The molecule has 3 N–H and O–H groups in total. The van der Waals surface area contributed by atoms with Crippen molar-refractivity contribution in [2.24, 2.45) is 0 Å². The van der Waals surface area contributed by atoms with Crippen LogP contribution in [0.5, 0.6) is 0 Å². The van der Waals surface area contributed by atoms with Gasteiger partial charge in [-0.1, -0.05) is 0 Å². The molecular formula is C15H12N4. The average Bonchev–Trinajstić information content (AvgIpc) is 2.43. The van der Waals surface area contributed by atoms with E-state index >= 15 is 0 Å². The molecule has 0 spiro atoms. The maximum atomic E-state index is 8.98. The molecule has 2 rings (SSSR count). The number of hydrogen-bond donors (Lipinski definition) is 2. The van der Waals surface area contributed by atoms with Gasteiger partial charge in [0.25, 0.3) is 0 Å². The van der Waals surface area contributed by atoms with Gasteiger partial charge in [0, 0.05) is 17.1 Å². The molecule has 0 atom stereocenters. The fraction of sp³-hybridized carbons (Fsp3) is 0.0667. The van der Waals surface area contributed by atoms with Crippen molar-refractivity contribution in [3.8, 4) is 12.1 Å². The number of nitrogens with one attached hydrogen (secondary N) is 1. The standard InChI is InChI=1S/C15H12N4/c1-10-6-13(4-5-15(10)18)19-14-3-2-11(8-16)12(7-14)9-17/h2-7,19H,18H2,1H3. The van der Waals surface area contributed by atoms with Gasteiger partial charge in [-0.3, -0.25) is 0 Å². The van der Waals surface area contributed by atoms with Crippen molar-refractivity contribution in [2.75, 3.05) is 11.1 Å². The van der Waals surface area contributed by atoms with Gasteiger partial charge in [-0.2, -0.15) is 10.5 Å². The van der Waals surface area contributed by atoms with Crippen molar-refractivity contribution in [1.29, 1.82) is 10.5 Å². The van der Waals surface area contributed by atoms with E-state index in [0.717, 1.165) is 22.6 Å². The summed E-state index contributed by atoms with van der Waals surface area (Å²) in [5, 5.41) is 21.0. The topological polar surface area (TPSA) is 85.6 Å². The summed E-state index contributed by atoms with van der Waals surface area (Å²) in [5.41, 5.74) is 9.87. The molecule has 19 heavy (non-hydrogen) atoms. The molecule has 2 aromatic carbocycles. The van der Waals surface area contributed by atoms with Crippen molar-refractivity contribution in [3.05, 3.63) is 53.1 Å². The fourth-order valence-corrected chi connectivity index (χ4v) is 1.73. The predicted octanol–water partition coefficient (Wildman–Crippen LogP) is 3.06. The summed E-state index contributed by atoms with van der Waals surface area (Å²) in [6, 6.07) is 14.7. The minimum Gasteiger partial charge on any atom is -0.399 e. The fourth-order valence-electron chi connectivity index (χ4n) is 1.73. The van der Waals surface area contributed by atoms with E-state index in [9.17, 15) is 0 Å². The van der Waals surface area contributed by atoms with Crippen LogP contribution in [0.15, 0.2) is 36.4 Å². The van der Waals surface area contributed by atoms with Gasteiger partial charge < -0.3 is 11.1 Å². The number of nitrogen functional groups attached to an aromatic ring is 1. The largest absolute Gasteiger partial charge is 0.399 e. The van der Waals surface area contributed by atoms with E-state index < -0.39 is 0 Å². The summed E-state index contributed by atoms with van der Waals surface area (Å²) in [6.45, 7) is 1.93. The number of aryl methyl sites for hydroxylation is 1. The number of anilines is 3. The van der Waals surface area contributed by atoms with Gasteiger partial charge in [0.05, 0.1) is 11.1 Å². The first kappa shape index (κ1) is 12.5. The molecule has 0 aliphatic carbocycles. The van der Waals surface area contributed by atoms with Crippen LogP contribution in [0, 0.1) is 29.6 Å². The number of hydrogen-bond acceptors (Lipinski definition) is 4. The maximum absolute atomic E-state index is 8.98. The molecule has 4 nitrogen and oxygen atoms in total. The Morgan fingerprint density at radius 1 is 0.947 bits per heavy atom. The monoisotopic (exact) mass is 248 g/mol. The van der Waals surface area contributed by atoms with Crippen LogP contribution in [0.25, 0.3) is 0 Å². The Morgan fingerprint density at radius 2 is 1.58 bits per heavy atom. The third-order valence-corrected chi connectivity index (χ3v) is 2.82. The van der Waals surface area contributed by atoms with Crippen molar-refractivity contribution >= 4 is 17.1 Å². The van der Waals surface area contributed by atoms with Gasteiger partial charge in [0.15, 0.2) is 0 Å². The molecule has 0 saturated heterocycles. The second-order valence-electron chi connectivity index (χ2n) is 4.18. The highest BCUT2D eigenvalue weighted by molar-refractivity contribution is 5.66. The van der Waals surface area contributed by atoms with Gasteiger partial charge in [0.1, 0.15) is 12.1 Å². The highest BCUT2D eigenvalue weighted by atomic mass is 14.9. The summed E-state index contributed by atoms with van der Waals surface area (Å²) >= 11 is 0. The highest BCUT2D eigenvalue weighted by Gasteiger charge is 2.03. The molecule has 0 radical (unpaired) electrons. The Morgan fingerprint density at radius 3 is 2.21 bits per heavy atom. The predicted molar refractivity (Wildman–Crippen MR) is 74.7 cm³/mol. The second-order valence-corrected chi connectivity index (χ2v) is 4.18. The molecule has 0 bridgehead atoms. The summed E-state index contributed by atoms with van der Waals surface area (Å²) < 4.78 is 0. The van der Waals surface area contributed by atoms with E-state index in [1.807, 2.05) is 37.3 Å². The minimum atomic E-state index is 0.361. The molecule has 0 aromatic heterocycles. The van der Waals surface area contributed by atoms with Gasteiger partial charge in [0.2, 0.25) is 0 Å². The highest BCUT2D eigenvalue weighted by Crippen LogP contribution is 2.22. The van der Waals surface area contributed by atoms with Crippen LogP contribution >= 0.6 is 0 Å². The molecule has 0 heterocycles. The second kappa shape index (κ2) is 5.12.